The highest BCUT2D eigenvalue weighted by molar-refractivity contribution is 5.04. The van der Waals surface area contributed by atoms with Crippen molar-refractivity contribution in [2.75, 3.05) is 26.9 Å². The molecule has 122 valence electrons. The molecule has 0 saturated carbocycles. The fraction of sp³-hybridized carbons (Fsp3) is 1.00. The number of aliphatic hydroxyl groups is 2. The summed E-state index contributed by atoms with van der Waals surface area (Å²) in [4.78, 5) is 2.07. The normalized spacial score (nSPS) is 51.3. The lowest BCUT2D eigenvalue weighted by atomic mass is 9.94. The molecule has 0 aromatic heterocycles. The number of fused-ring (bicyclic) bond motifs is 1. The number of hydrogen-bond donors (Lipinski definition) is 5. The van der Waals surface area contributed by atoms with Crippen molar-refractivity contribution in [3.8, 4) is 0 Å². The first-order valence-electron chi connectivity index (χ1n) is 7.49. The van der Waals surface area contributed by atoms with Gasteiger partial charge in [0.2, 0.25) is 0 Å². The summed E-state index contributed by atoms with van der Waals surface area (Å²) in [7, 11) is 1.55. The first-order chi connectivity index (χ1) is 9.96. The fourth-order valence-electron chi connectivity index (χ4n) is 3.68. The Morgan fingerprint density at radius 1 is 1.48 bits per heavy atom. The molecule has 0 aliphatic carbocycles. The molecule has 6 N–H and O–H groups in total. The number of ether oxygens (including phenoxy) is 2. The van der Waals surface area contributed by atoms with Crippen LogP contribution in [-0.4, -0.2) is 78.4 Å². The maximum atomic E-state index is 10.5. The van der Waals surface area contributed by atoms with Crippen LogP contribution in [0.2, 0.25) is 0 Å². The van der Waals surface area contributed by atoms with Crippen molar-refractivity contribution < 1.29 is 19.7 Å². The Morgan fingerprint density at radius 3 is 2.95 bits per heavy atom. The van der Waals surface area contributed by atoms with E-state index in [1.165, 1.54) is 0 Å². The van der Waals surface area contributed by atoms with Crippen molar-refractivity contribution in [2.24, 2.45) is 11.7 Å². The maximum absolute atomic E-state index is 10.5. The number of nitrogens with zero attached hydrogens (tertiary/aromatic N) is 1. The highest BCUT2D eigenvalue weighted by atomic mass is 16.6. The zero-order valence-electron chi connectivity index (χ0n) is 12.5. The molecule has 21 heavy (non-hydrogen) atoms. The van der Waals surface area contributed by atoms with Gasteiger partial charge in [-0.15, -0.1) is 0 Å². The number of nitrogens with two attached hydrogens (primary N) is 1. The molecule has 4 unspecified atom stereocenters. The van der Waals surface area contributed by atoms with Crippen LogP contribution in [0.3, 0.4) is 0 Å². The van der Waals surface area contributed by atoms with E-state index in [1.807, 2.05) is 0 Å². The van der Waals surface area contributed by atoms with Crippen LogP contribution in [0, 0.1) is 5.92 Å². The van der Waals surface area contributed by atoms with Crippen molar-refractivity contribution in [3.63, 3.8) is 0 Å². The molecule has 3 aliphatic heterocycles. The molecule has 0 radical (unpaired) electrons. The highest BCUT2D eigenvalue weighted by Crippen LogP contribution is 2.37. The van der Waals surface area contributed by atoms with E-state index in [9.17, 15) is 10.2 Å². The topological polar surface area (TPSA) is 112 Å². The standard InChI is InChI=1S/C13H26N4O4/c1-13(19)8(5-20-2)21-12(9(13)18)17-4-3-7-10(14)15-6-16-11(7)17/h7-12,15-16,18-19H,3-6,14H2,1-2H3/t7?,8-,9?,10?,11?,12-,13-/m1/s1. The van der Waals surface area contributed by atoms with E-state index in [-0.39, 0.29) is 24.9 Å². The molecule has 8 heteroatoms. The second-order valence-electron chi connectivity index (χ2n) is 6.39. The number of aliphatic hydroxyl groups excluding tert-OH is 1. The largest absolute Gasteiger partial charge is 0.386 e. The molecule has 0 amide bonds. The predicted molar refractivity (Wildman–Crippen MR) is 74.9 cm³/mol. The summed E-state index contributed by atoms with van der Waals surface area (Å²) in [6, 6.07) is 0. The minimum absolute atomic E-state index is 0.0537. The lowest BCUT2D eigenvalue weighted by Crippen LogP contribution is -2.64. The summed E-state index contributed by atoms with van der Waals surface area (Å²) in [6.07, 6.45) is -1.16. The summed E-state index contributed by atoms with van der Waals surface area (Å²) in [5, 5.41) is 27.5. The third-order valence-corrected chi connectivity index (χ3v) is 5.06. The van der Waals surface area contributed by atoms with Crippen LogP contribution in [0.15, 0.2) is 0 Å². The van der Waals surface area contributed by atoms with Gasteiger partial charge in [-0.3, -0.25) is 15.5 Å². The van der Waals surface area contributed by atoms with Crippen molar-refractivity contribution in [1.29, 1.82) is 0 Å². The predicted octanol–water partition coefficient (Wildman–Crippen LogP) is -2.45. The molecule has 3 aliphatic rings. The molecule has 0 aromatic rings. The average Bonchev–Trinajstić information content (AvgIpc) is 2.95. The highest BCUT2D eigenvalue weighted by Gasteiger charge is 2.56. The quantitative estimate of drug-likeness (QED) is 0.391. The van der Waals surface area contributed by atoms with E-state index in [4.69, 9.17) is 15.2 Å². The number of nitrogens with one attached hydrogen (secondary N) is 2. The van der Waals surface area contributed by atoms with Gasteiger partial charge >= 0.3 is 0 Å². The van der Waals surface area contributed by atoms with E-state index in [0.717, 1.165) is 13.0 Å². The van der Waals surface area contributed by atoms with Gasteiger partial charge in [0.15, 0.2) is 0 Å². The lowest BCUT2D eigenvalue weighted by Gasteiger charge is -2.39. The minimum atomic E-state index is -1.33. The lowest BCUT2D eigenvalue weighted by molar-refractivity contribution is -0.115. The number of rotatable bonds is 3. The molecule has 0 aromatic carbocycles. The molecule has 3 fully saturated rings. The Hall–Kier alpha value is -0.320. The molecule has 0 bridgehead atoms. The minimum Gasteiger partial charge on any atom is -0.386 e. The SMILES string of the molecule is COC[C@H]1O[C@@H](N2CCC3C(N)NCNC32)C(O)[C@]1(C)O. The zero-order valence-corrected chi connectivity index (χ0v) is 12.5. The molecule has 3 heterocycles. The van der Waals surface area contributed by atoms with Gasteiger partial charge in [-0.05, 0) is 13.3 Å². The van der Waals surface area contributed by atoms with E-state index in [1.54, 1.807) is 14.0 Å². The Labute approximate surface area is 124 Å². The molecule has 3 saturated heterocycles. The van der Waals surface area contributed by atoms with Crippen molar-refractivity contribution in [3.05, 3.63) is 0 Å². The third kappa shape index (κ3) is 2.49. The van der Waals surface area contributed by atoms with Crippen LogP contribution in [0.25, 0.3) is 0 Å². The van der Waals surface area contributed by atoms with Gasteiger partial charge in [-0.1, -0.05) is 0 Å². The monoisotopic (exact) mass is 302 g/mol. The van der Waals surface area contributed by atoms with E-state index in [2.05, 4.69) is 15.5 Å². The number of likely N-dealkylation sites (tertiary alicyclic amines) is 1. The van der Waals surface area contributed by atoms with Gasteiger partial charge in [0.1, 0.15) is 24.0 Å². The summed E-state index contributed by atoms with van der Waals surface area (Å²) in [6.45, 7) is 3.24. The fourth-order valence-corrected chi connectivity index (χ4v) is 3.68. The average molecular weight is 302 g/mol. The molecule has 0 spiro atoms. The van der Waals surface area contributed by atoms with Crippen LogP contribution in [0.1, 0.15) is 13.3 Å². The summed E-state index contributed by atoms with van der Waals surface area (Å²) in [5.41, 5.74) is 4.77. The van der Waals surface area contributed by atoms with Gasteiger partial charge < -0.3 is 25.4 Å². The third-order valence-electron chi connectivity index (χ3n) is 5.06. The Morgan fingerprint density at radius 2 is 2.24 bits per heavy atom. The van der Waals surface area contributed by atoms with Crippen LogP contribution < -0.4 is 16.4 Å². The van der Waals surface area contributed by atoms with Crippen molar-refractivity contribution in [2.45, 2.75) is 49.7 Å². The Balaban J connectivity index is 1.75. The smallest absolute Gasteiger partial charge is 0.141 e. The molecule has 3 rings (SSSR count). The molecule has 8 nitrogen and oxygen atoms in total. The van der Waals surface area contributed by atoms with Gasteiger partial charge in [0, 0.05) is 26.2 Å². The van der Waals surface area contributed by atoms with Gasteiger partial charge in [-0.25, -0.2) is 0 Å². The van der Waals surface area contributed by atoms with Crippen molar-refractivity contribution >= 4 is 0 Å². The van der Waals surface area contributed by atoms with E-state index < -0.39 is 24.0 Å². The molecular weight excluding hydrogens is 276 g/mol. The first kappa shape index (κ1) is 15.6. The van der Waals surface area contributed by atoms with Gasteiger partial charge in [0.05, 0.1) is 18.9 Å². The number of hydrogen-bond acceptors (Lipinski definition) is 8. The molecule has 7 atom stereocenters. The van der Waals surface area contributed by atoms with Gasteiger partial charge in [0.25, 0.3) is 0 Å². The molecular formula is C13H26N4O4. The van der Waals surface area contributed by atoms with Crippen LogP contribution in [0.5, 0.6) is 0 Å². The van der Waals surface area contributed by atoms with Gasteiger partial charge in [-0.2, -0.15) is 0 Å². The zero-order chi connectivity index (χ0) is 15.2. The van der Waals surface area contributed by atoms with E-state index in [0.29, 0.717) is 6.67 Å². The second-order valence-corrected chi connectivity index (χ2v) is 6.39. The Kier molecular flexibility index (Phi) is 4.23. The maximum Gasteiger partial charge on any atom is 0.141 e. The van der Waals surface area contributed by atoms with Crippen LogP contribution >= 0.6 is 0 Å². The number of methoxy groups -OCH3 is 1. The van der Waals surface area contributed by atoms with Crippen LogP contribution in [0.4, 0.5) is 0 Å². The first-order valence-corrected chi connectivity index (χ1v) is 7.49. The second kappa shape index (κ2) is 5.71. The van der Waals surface area contributed by atoms with Crippen molar-refractivity contribution in [1.82, 2.24) is 15.5 Å². The summed E-state index contributed by atoms with van der Waals surface area (Å²) >= 11 is 0. The van der Waals surface area contributed by atoms with Crippen LogP contribution in [-0.2, 0) is 9.47 Å². The van der Waals surface area contributed by atoms with E-state index >= 15 is 0 Å². The summed E-state index contributed by atoms with van der Waals surface area (Å²) < 4.78 is 11.0. The Bertz CT molecular complexity index is 383. The summed E-state index contributed by atoms with van der Waals surface area (Å²) in [5.74, 6) is 0.265.